The number of nitrogens with zero attached hydrogens (tertiary/aromatic N) is 1. The predicted octanol–water partition coefficient (Wildman–Crippen LogP) is 2.64. The molecule has 0 bridgehead atoms. The van der Waals surface area contributed by atoms with Gasteiger partial charge in [-0.1, -0.05) is 13.3 Å². The van der Waals surface area contributed by atoms with Crippen molar-refractivity contribution in [1.29, 1.82) is 0 Å². The normalized spacial score (nSPS) is 31.5. The third-order valence-electron chi connectivity index (χ3n) is 4.48. The van der Waals surface area contributed by atoms with E-state index in [1.165, 1.54) is 58.2 Å². The highest BCUT2D eigenvalue weighted by molar-refractivity contribution is 4.80. The number of likely N-dealkylation sites (tertiary alicyclic amines) is 1. The van der Waals surface area contributed by atoms with Crippen molar-refractivity contribution in [3.05, 3.63) is 0 Å². The second-order valence-electron chi connectivity index (χ2n) is 5.95. The minimum absolute atomic E-state index is 0.781. The van der Waals surface area contributed by atoms with E-state index in [9.17, 15) is 0 Å². The molecule has 0 amide bonds. The highest BCUT2D eigenvalue weighted by Crippen LogP contribution is 2.21. The summed E-state index contributed by atoms with van der Waals surface area (Å²) in [6.45, 7) is 8.72. The Hall–Kier alpha value is -0.0800. The van der Waals surface area contributed by atoms with Crippen molar-refractivity contribution in [3.63, 3.8) is 0 Å². The third kappa shape index (κ3) is 3.46. The maximum Gasteiger partial charge on any atom is 0.00818 e. The molecule has 0 aromatic heterocycles. The number of hydrogen-bond donors (Lipinski definition) is 1. The zero-order chi connectivity index (χ0) is 11.4. The lowest BCUT2D eigenvalue weighted by molar-refractivity contribution is 0.130. The van der Waals surface area contributed by atoms with Crippen LogP contribution in [0, 0.1) is 5.92 Å². The maximum atomic E-state index is 3.67. The van der Waals surface area contributed by atoms with Crippen LogP contribution in [0.3, 0.4) is 0 Å². The Balaban J connectivity index is 1.72. The van der Waals surface area contributed by atoms with Crippen molar-refractivity contribution in [2.75, 3.05) is 19.6 Å². The second kappa shape index (κ2) is 6.02. The topological polar surface area (TPSA) is 15.3 Å². The van der Waals surface area contributed by atoms with Crippen LogP contribution in [0.2, 0.25) is 0 Å². The molecule has 0 aliphatic carbocycles. The minimum Gasteiger partial charge on any atom is -0.314 e. The van der Waals surface area contributed by atoms with Crippen LogP contribution >= 0.6 is 0 Å². The molecule has 2 heteroatoms. The molecule has 2 atom stereocenters. The smallest absolute Gasteiger partial charge is 0.00818 e. The van der Waals surface area contributed by atoms with Crippen LogP contribution in [0.25, 0.3) is 0 Å². The van der Waals surface area contributed by atoms with Crippen LogP contribution in [-0.2, 0) is 0 Å². The van der Waals surface area contributed by atoms with Crippen LogP contribution in [0.5, 0.6) is 0 Å². The molecule has 16 heavy (non-hydrogen) atoms. The molecule has 2 heterocycles. The Morgan fingerprint density at radius 1 is 1.19 bits per heavy atom. The Bertz CT molecular complexity index is 191. The summed E-state index contributed by atoms with van der Waals surface area (Å²) in [6.07, 6.45) is 8.38. The van der Waals surface area contributed by atoms with E-state index in [2.05, 4.69) is 24.1 Å². The fraction of sp³-hybridized carbons (Fsp3) is 1.00. The van der Waals surface area contributed by atoms with Gasteiger partial charge in [-0.2, -0.15) is 0 Å². The Morgan fingerprint density at radius 2 is 1.94 bits per heavy atom. The van der Waals surface area contributed by atoms with Gasteiger partial charge >= 0.3 is 0 Å². The average molecular weight is 224 g/mol. The van der Waals surface area contributed by atoms with Gasteiger partial charge in [0.05, 0.1) is 0 Å². The highest BCUT2D eigenvalue weighted by atomic mass is 15.2. The van der Waals surface area contributed by atoms with Crippen LogP contribution in [-0.4, -0.2) is 36.6 Å². The van der Waals surface area contributed by atoms with Gasteiger partial charge in [0.25, 0.3) is 0 Å². The molecule has 1 N–H and O–H groups in total. The van der Waals surface area contributed by atoms with Gasteiger partial charge in [-0.15, -0.1) is 0 Å². The fourth-order valence-electron chi connectivity index (χ4n) is 3.16. The summed E-state index contributed by atoms with van der Waals surface area (Å²) >= 11 is 0. The molecule has 0 aromatic carbocycles. The predicted molar refractivity (Wildman–Crippen MR) is 69.7 cm³/mol. The van der Waals surface area contributed by atoms with Gasteiger partial charge in [0, 0.05) is 12.1 Å². The van der Waals surface area contributed by atoms with E-state index in [-0.39, 0.29) is 0 Å². The van der Waals surface area contributed by atoms with Crippen molar-refractivity contribution >= 4 is 0 Å². The van der Waals surface area contributed by atoms with E-state index < -0.39 is 0 Å². The molecule has 2 rings (SSSR count). The monoisotopic (exact) mass is 224 g/mol. The van der Waals surface area contributed by atoms with Gasteiger partial charge in [0.1, 0.15) is 0 Å². The summed E-state index contributed by atoms with van der Waals surface area (Å²) in [7, 11) is 0. The molecule has 0 aromatic rings. The first kappa shape index (κ1) is 12.4. The van der Waals surface area contributed by atoms with E-state index in [4.69, 9.17) is 0 Å². The molecular weight excluding hydrogens is 196 g/mol. The summed E-state index contributed by atoms with van der Waals surface area (Å²) in [4.78, 5) is 2.70. The fourth-order valence-corrected chi connectivity index (χ4v) is 3.16. The molecule has 94 valence electrons. The first-order valence-corrected chi connectivity index (χ1v) is 7.23. The standard InChI is InChI=1S/C14H28N2/c1-12-6-9-16(10-7-12)13(2)11-14-5-3-4-8-15-14/h12-15H,3-11H2,1-2H3. The van der Waals surface area contributed by atoms with Gasteiger partial charge in [0.2, 0.25) is 0 Å². The quantitative estimate of drug-likeness (QED) is 0.793. The maximum absolute atomic E-state index is 3.67. The first-order valence-electron chi connectivity index (χ1n) is 7.23. The van der Waals surface area contributed by atoms with E-state index in [1.807, 2.05) is 0 Å². The van der Waals surface area contributed by atoms with Gasteiger partial charge in [0.15, 0.2) is 0 Å². The molecule has 0 spiro atoms. The van der Waals surface area contributed by atoms with Crippen molar-refractivity contribution in [3.8, 4) is 0 Å². The van der Waals surface area contributed by atoms with Crippen molar-refractivity contribution < 1.29 is 0 Å². The zero-order valence-corrected chi connectivity index (χ0v) is 11.0. The Morgan fingerprint density at radius 3 is 2.56 bits per heavy atom. The third-order valence-corrected chi connectivity index (χ3v) is 4.48. The summed E-state index contributed by atoms with van der Waals surface area (Å²) in [6, 6.07) is 1.58. The number of hydrogen-bond acceptors (Lipinski definition) is 2. The van der Waals surface area contributed by atoms with Crippen LogP contribution in [0.1, 0.15) is 52.4 Å². The van der Waals surface area contributed by atoms with E-state index in [1.54, 1.807) is 0 Å². The highest BCUT2D eigenvalue weighted by Gasteiger charge is 2.23. The summed E-state index contributed by atoms with van der Waals surface area (Å²) in [5, 5.41) is 3.67. The van der Waals surface area contributed by atoms with Crippen molar-refractivity contribution in [1.82, 2.24) is 10.2 Å². The molecule has 2 aliphatic rings. The molecular formula is C14H28N2. The molecule has 2 unspecified atom stereocenters. The van der Waals surface area contributed by atoms with E-state index in [0.29, 0.717) is 0 Å². The number of nitrogens with one attached hydrogen (secondary N) is 1. The Labute approximate surface area is 101 Å². The SMILES string of the molecule is CC1CCN(C(C)CC2CCCCN2)CC1. The zero-order valence-electron chi connectivity index (χ0n) is 11.0. The van der Waals surface area contributed by atoms with Gasteiger partial charge < -0.3 is 10.2 Å². The number of rotatable bonds is 3. The van der Waals surface area contributed by atoms with E-state index >= 15 is 0 Å². The molecule has 0 saturated carbocycles. The lowest BCUT2D eigenvalue weighted by Crippen LogP contribution is -2.44. The van der Waals surface area contributed by atoms with Gasteiger partial charge in [-0.05, 0) is 64.6 Å². The average Bonchev–Trinajstić information content (AvgIpc) is 2.31. The van der Waals surface area contributed by atoms with Crippen molar-refractivity contribution in [2.24, 2.45) is 5.92 Å². The largest absolute Gasteiger partial charge is 0.314 e. The summed E-state index contributed by atoms with van der Waals surface area (Å²) in [5.41, 5.74) is 0. The first-order chi connectivity index (χ1) is 7.75. The molecule has 2 fully saturated rings. The summed E-state index contributed by atoms with van der Waals surface area (Å²) in [5.74, 6) is 0.955. The molecule has 2 nitrogen and oxygen atoms in total. The van der Waals surface area contributed by atoms with Crippen LogP contribution < -0.4 is 5.32 Å². The van der Waals surface area contributed by atoms with Crippen molar-refractivity contribution in [2.45, 2.75) is 64.5 Å². The molecule has 0 radical (unpaired) electrons. The van der Waals surface area contributed by atoms with Crippen LogP contribution in [0.4, 0.5) is 0 Å². The second-order valence-corrected chi connectivity index (χ2v) is 5.95. The van der Waals surface area contributed by atoms with E-state index in [0.717, 1.165) is 18.0 Å². The lowest BCUT2D eigenvalue weighted by atomic mass is 9.94. The van der Waals surface area contributed by atoms with Gasteiger partial charge in [-0.25, -0.2) is 0 Å². The minimum atomic E-state index is 0.781. The molecule has 2 aliphatic heterocycles. The number of piperidine rings is 2. The molecule has 2 saturated heterocycles. The van der Waals surface area contributed by atoms with Gasteiger partial charge in [-0.3, -0.25) is 0 Å². The van der Waals surface area contributed by atoms with Crippen LogP contribution in [0.15, 0.2) is 0 Å². The lowest BCUT2D eigenvalue weighted by Gasteiger charge is -2.37. The Kier molecular flexibility index (Phi) is 4.66. The summed E-state index contributed by atoms with van der Waals surface area (Å²) < 4.78 is 0.